The van der Waals surface area contributed by atoms with E-state index in [9.17, 15) is 9.59 Å². The van der Waals surface area contributed by atoms with Crippen LogP contribution in [0.3, 0.4) is 0 Å². The van der Waals surface area contributed by atoms with Gasteiger partial charge in [-0.1, -0.05) is 35.5 Å². The van der Waals surface area contributed by atoms with E-state index in [0.717, 1.165) is 29.0 Å². The van der Waals surface area contributed by atoms with E-state index in [4.69, 9.17) is 9.36 Å². The Hall–Kier alpha value is -2.67. The standard InChI is InChI=1S/C17H19N3O4/c1-12-14(19-24-15(12)13-7-3-2-4-8-13)11-18-16(21)17(22)20-9-5-6-10-23-20/h2-4,7-8H,5-6,9-11H2,1H3,(H,18,21). The minimum atomic E-state index is -0.708. The highest BCUT2D eigenvalue weighted by Crippen LogP contribution is 2.25. The van der Waals surface area contributed by atoms with E-state index in [-0.39, 0.29) is 6.54 Å². The molecule has 1 fully saturated rings. The Morgan fingerprint density at radius 2 is 2.04 bits per heavy atom. The highest BCUT2D eigenvalue weighted by atomic mass is 16.7. The van der Waals surface area contributed by atoms with Gasteiger partial charge in [-0.15, -0.1) is 0 Å². The monoisotopic (exact) mass is 329 g/mol. The number of carbonyl (C=O) groups is 2. The zero-order valence-corrected chi connectivity index (χ0v) is 13.4. The van der Waals surface area contributed by atoms with E-state index in [1.807, 2.05) is 37.3 Å². The van der Waals surface area contributed by atoms with Crippen molar-refractivity contribution in [3.63, 3.8) is 0 Å². The maximum Gasteiger partial charge on any atom is 0.335 e. The van der Waals surface area contributed by atoms with Crippen molar-refractivity contribution in [1.82, 2.24) is 15.5 Å². The highest BCUT2D eigenvalue weighted by Gasteiger charge is 2.25. The zero-order chi connectivity index (χ0) is 16.9. The molecule has 1 aliphatic heterocycles. The van der Waals surface area contributed by atoms with Gasteiger partial charge in [0.2, 0.25) is 0 Å². The molecule has 126 valence electrons. The van der Waals surface area contributed by atoms with Crippen LogP contribution < -0.4 is 5.32 Å². The summed E-state index contributed by atoms with van der Waals surface area (Å²) in [5, 5.41) is 7.67. The molecular weight excluding hydrogens is 310 g/mol. The van der Waals surface area contributed by atoms with Gasteiger partial charge in [0.25, 0.3) is 0 Å². The van der Waals surface area contributed by atoms with Gasteiger partial charge in [-0.25, -0.2) is 5.06 Å². The minimum Gasteiger partial charge on any atom is -0.356 e. The Labute approximate surface area is 139 Å². The van der Waals surface area contributed by atoms with Crippen molar-refractivity contribution < 1.29 is 18.9 Å². The smallest absolute Gasteiger partial charge is 0.335 e. The van der Waals surface area contributed by atoms with E-state index in [0.29, 0.717) is 24.6 Å². The molecule has 0 spiro atoms. The Morgan fingerprint density at radius 1 is 1.25 bits per heavy atom. The summed E-state index contributed by atoms with van der Waals surface area (Å²) in [6.45, 7) is 2.89. The predicted octanol–water partition coefficient (Wildman–Crippen LogP) is 1.82. The lowest BCUT2D eigenvalue weighted by Crippen LogP contribution is -2.44. The van der Waals surface area contributed by atoms with Crippen molar-refractivity contribution in [3.8, 4) is 11.3 Å². The molecule has 3 rings (SSSR count). The average Bonchev–Trinajstić information content (AvgIpc) is 3.01. The number of hydrogen-bond acceptors (Lipinski definition) is 5. The summed E-state index contributed by atoms with van der Waals surface area (Å²) < 4.78 is 5.37. The van der Waals surface area contributed by atoms with Crippen molar-refractivity contribution in [1.29, 1.82) is 0 Å². The first-order chi connectivity index (χ1) is 11.7. The van der Waals surface area contributed by atoms with Crippen LogP contribution in [0.5, 0.6) is 0 Å². The predicted molar refractivity (Wildman–Crippen MR) is 85.4 cm³/mol. The second kappa shape index (κ2) is 7.27. The number of hydrogen-bond donors (Lipinski definition) is 1. The fraction of sp³-hybridized carbons (Fsp3) is 0.353. The maximum absolute atomic E-state index is 12.0. The van der Waals surface area contributed by atoms with Crippen LogP contribution in [-0.2, 0) is 21.0 Å². The molecular formula is C17H19N3O4. The Kier molecular flexibility index (Phi) is 4.90. The molecule has 2 heterocycles. The topological polar surface area (TPSA) is 84.7 Å². The van der Waals surface area contributed by atoms with Crippen molar-refractivity contribution in [2.45, 2.75) is 26.3 Å². The van der Waals surface area contributed by atoms with Gasteiger partial charge in [0.15, 0.2) is 5.76 Å². The number of carbonyl (C=O) groups excluding carboxylic acids is 2. The molecule has 7 heteroatoms. The lowest BCUT2D eigenvalue weighted by atomic mass is 10.1. The second-order valence-electron chi connectivity index (χ2n) is 5.58. The van der Waals surface area contributed by atoms with Gasteiger partial charge in [0, 0.05) is 17.7 Å². The van der Waals surface area contributed by atoms with Crippen LogP contribution in [0.15, 0.2) is 34.9 Å². The fourth-order valence-corrected chi connectivity index (χ4v) is 2.50. The van der Waals surface area contributed by atoms with E-state index in [1.54, 1.807) is 0 Å². The highest BCUT2D eigenvalue weighted by molar-refractivity contribution is 6.34. The SMILES string of the molecule is Cc1c(CNC(=O)C(=O)N2CCCCO2)noc1-c1ccccc1. The van der Waals surface area contributed by atoms with E-state index in [1.165, 1.54) is 0 Å². The summed E-state index contributed by atoms with van der Waals surface area (Å²) in [7, 11) is 0. The van der Waals surface area contributed by atoms with Crippen molar-refractivity contribution in [2.24, 2.45) is 0 Å². The molecule has 0 bridgehead atoms. The number of nitrogens with one attached hydrogen (secondary N) is 1. The third kappa shape index (κ3) is 3.46. The first-order valence-electron chi connectivity index (χ1n) is 7.90. The molecule has 1 N–H and O–H groups in total. The summed E-state index contributed by atoms with van der Waals surface area (Å²) in [6.07, 6.45) is 1.73. The van der Waals surface area contributed by atoms with E-state index < -0.39 is 11.8 Å². The molecule has 24 heavy (non-hydrogen) atoms. The number of hydroxylamine groups is 2. The summed E-state index contributed by atoms with van der Waals surface area (Å²) >= 11 is 0. The Balaban J connectivity index is 1.62. The van der Waals surface area contributed by atoms with Gasteiger partial charge in [-0.3, -0.25) is 14.4 Å². The van der Waals surface area contributed by atoms with Gasteiger partial charge >= 0.3 is 11.8 Å². The number of nitrogens with zero attached hydrogens (tertiary/aromatic N) is 2. The zero-order valence-electron chi connectivity index (χ0n) is 13.4. The molecule has 0 unspecified atom stereocenters. The molecule has 2 amide bonds. The maximum atomic E-state index is 12.0. The van der Waals surface area contributed by atoms with E-state index in [2.05, 4.69) is 10.5 Å². The fourth-order valence-electron chi connectivity index (χ4n) is 2.50. The van der Waals surface area contributed by atoms with Crippen molar-refractivity contribution in [3.05, 3.63) is 41.6 Å². The molecule has 0 atom stereocenters. The van der Waals surface area contributed by atoms with Crippen LogP contribution in [0, 0.1) is 6.92 Å². The summed E-state index contributed by atoms with van der Waals surface area (Å²) in [5.74, 6) is -0.731. The number of amides is 2. The molecule has 2 aromatic rings. The summed E-state index contributed by atoms with van der Waals surface area (Å²) in [5.41, 5.74) is 2.34. The average molecular weight is 329 g/mol. The summed E-state index contributed by atoms with van der Waals surface area (Å²) in [4.78, 5) is 29.1. The Morgan fingerprint density at radius 3 is 2.75 bits per heavy atom. The Bertz CT molecular complexity index is 721. The molecule has 0 aliphatic carbocycles. The normalized spacial score (nSPS) is 14.5. The largest absolute Gasteiger partial charge is 0.356 e. The van der Waals surface area contributed by atoms with Crippen LogP contribution in [0.2, 0.25) is 0 Å². The van der Waals surface area contributed by atoms with Crippen LogP contribution in [0.25, 0.3) is 11.3 Å². The molecule has 1 saturated heterocycles. The van der Waals surface area contributed by atoms with Crippen molar-refractivity contribution in [2.75, 3.05) is 13.2 Å². The lowest BCUT2D eigenvalue weighted by Gasteiger charge is -2.24. The second-order valence-corrected chi connectivity index (χ2v) is 5.58. The van der Waals surface area contributed by atoms with Crippen LogP contribution in [0.4, 0.5) is 0 Å². The summed E-state index contributed by atoms with van der Waals surface area (Å²) in [6, 6.07) is 9.59. The third-order valence-corrected chi connectivity index (χ3v) is 3.90. The van der Waals surface area contributed by atoms with Crippen LogP contribution in [0.1, 0.15) is 24.1 Å². The van der Waals surface area contributed by atoms with Crippen LogP contribution >= 0.6 is 0 Å². The van der Waals surface area contributed by atoms with Gasteiger partial charge in [-0.05, 0) is 19.8 Å². The van der Waals surface area contributed by atoms with Gasteiger partial charge < -0.3 is 9.84 Å². The first-order valence-corrected chi connectivity index (χ1v) is 7.90. The number of benzene rings is 1. The third-order valence-electron chi connectivity index (χ3n) is 3.90. The first kappa shape index (κ1) is 16.2. The number of rotatable bonds is 3. The molecule has 1 aliphatic rings. The van der Waals surface area contributed by atoms with E-state index >= 15 is 0 Å². The van der Waals surface area contributed by atoms with Gasteiger partial charge in [0.1, 0.15) is 5.69 Å². The van der Waals surface area contributed by atoms with Gasteiger partial charge in [0.05, 0.1) is 13.2 Å². The number of aromatic nitrogens is 1. The minimum absolute atomic E-state index is 0.126. The molecule has 1 aromatic carbocycles. The quantitative estimate of drug-likeness (QED) is 0.868. The lowest BCUT2D eigenvalue weighted by molar-refractivity contribution is -0.198. The molecule has 0 radical (unpaired) electrons. The van der Waals surface area contributed by atoms with Crippen LogP contribution in [-0.4, -0.2) is 35.2 Å². The van der Waals surface area contributed by atoms with Crippen molar-refractivity contribution >= 4 is 11.8 Å². The molecule has 1 aromatic heterocycles. The molecule has 7 nitrogen and oxygen atoms in total. The van der Waals surface area contributed by atoms with Gasteiger partial charge in [-0.2, -0.15) is 0 Å². The molecule has 0 saturated carbocycles.